The van der Waals surface area contributed by atoms with Crippen LogP contribution in [0.1, 0.15) is 74.9 Å². The van der Waals surface area contributed by atoms with Crippen LogP contribution in [0.25, 0.3) is 39.7 Å². The van der Waals surface area contributed by atoms with Crippen LogP contribution in [0.15, 0.2) is 164 Å². The van der Waals surface area contributed by atoms with Crippen LogP contribution in [0, 0.1) is 0 Å². The third kappa shape index (κ3) is 5.06. The Morgan fingerprint density at radius 3 is 0.955 bits per heavy atom. The van der Waals surface area contributed by atoms with E-state index in [1.54, 1.807) is 0 Å². The maximum Gasteiger partial charge on any atom is 0.102 e. The summed E-state index contributed by atoms with van der Waals surface area (Å²) in [7, 11) is 0. The van der Waals surface area contributed by atoms with Gasteiger partial charge in [0.1, 0.15) is 15.0 Å². The minimum atomic E-state index is -0.132. The van der Waals surface area contributed by atoms with Gasteiger partial charge in [0.15, 0.2) is 0 Å². The predicted molar refractivity (Wildman–Crippen MR) is 288 cm³/mol. The molecule has 0 N–H and O–H groups in total. The van der Waals surface area contributed by atoms with Crippen LogP contribution < -0.4 is 14.7 Å². The zero-order chi connectivity index (χ0) is 44.4. The van der Waals surface area contributed by atoms with E-state index >= 15 is 0 Å². The lowest BCUT2D eigenvalue weighted by molar-refractivity contribution is 0.632. The van der Waals surface area contributed by atoms with Gasteiger partial charge < -0.3 is 14.7 Å². The summed E-state index contributed by atoms with van der Waals surface area (Å²) < 4.78 is 6.79. The zero-order valence-corrected chi connectivity index (χ0v) is 40.8. The smallest absolute Gasteiger partial charge is 0.102 e. The first-order valence-corrected chi connectivity index (χ1v) is 26.1. The quantitative estimate of drug-likeness (QED) is 0.175. The number of thiophene rings is 4. The fourth-order valence-electron chi connectivity index (χ4n) is 11.8. The van der Waals surface area contributed by atoms with Crippen molar-refractivity contribution in [3.05, 3.63) is 197 Å². The standard InChI is InChI=1S/C59H45N3S4/c1-57(2)36-19-7-13-25-42(36)60(43-26-14-8-20-37(43)57)49-31-34-52-53(63-48-33-51(66-56(48)52)62-46-29-17-11-23-40(46)59(5,6)41-24-12-18-30-47(41)62)35-32-50(65-55(35)54(34)64-49)61-44-27-15-9-21-38(44)58(3,4)39-22-10-16-28-45(39)61/h7-33H,1-6H3. The Kier molecular flexibility index (Phi) is 7.95. The van der Waals surface area contributed by atoms with Gasteiger partial charge in [0, 0.05) is 41.8 Å². The minimum absolute atomic E-state index is 0.113. The fourth-order valence-corrected chi connectivity index (χ4v) is 17.1. The van der Waals surface area contributed by atoms with Gasteiger partial charge in [0.2, 0.25) is 0 Å². The highest BCUT2D eigenvalue weighted by atomic mass is 32.1. The van der Waals surface area contributed by atoms with Crippen molar-refractivity contribution in [2.24, 2.45) is 0 Å². The molecule has 3 nitrogen and oxygen atoms in total. The van der Waals surface area contributed by atoms with E-state index in [0.29, 0.717) is 0 Å². The number of hydrogen-bond donors (Lipinski definition) is 0. The molecule has 4 aromatic heterocycles. The number of benzene rings is 7. The lowest BCUT2D eigenvalue weighted by Gasteiger charge is -2.41. The van der Waals surface area contributed by atoms with Crippen LogP contribution in [0.5, 0.6) is 0 Å². The molecule has 0 unspecified atom stereocenters. The molecule has 3 aliphatic heterocycles. The summed E-state index contributed by atoms with van der Waals surface area (Å²) in [6.07, 6.45) is 0. The highest BCUT2D eigenvalue weighted by molar-refractivity contribution is 7.36. The molecular formula is C59H45N3S4. The second-order valence-electron chi connectivity index (χ2n) is 19.7. The number of fused-ring (bicyclic) bond motifs is 14. The molecule has 320 valence electrons. The number of anilines is 9. The lowest BCUT2D eigenvalue weighted by Crippen LogP contribution is -2.30. The Morgan fingerprint density at radius 1 is 0.303 bits per heavy atom. The third-order valence-electron chi connectivity index (χ3n) is 15.1. The van der Waals surface area contributed by atoms with E-state index in [9.17, 15) is 0 Å². The van der Waals surface area contributed by atoms with Crippen molar-refractivity contribution >= 4 is 134 Å². The summed E-state index contributed by atoms with van der Waals surface area (Å²) in [6, 6.07) is 61.8. The van der Waals surface area contributed by atoms with Gasteiger partial charge in [-0.25, -0.2) is 0 Å². The number of para-hydroxylation sites is 6. The molecule has 0 amide bonds. The van der Waals surface area contributed by atoms with E-state index < -0.39 is 0 Å². The largest absolute Gasteiger partial charge is 0.301 e. The van der Waals surface area contributed by atoms with Crippen LogP contribution in [0.4, 0.5) is 49.1 Å². The molecule has 0 spiro atoms. The predicted octanol–water partition coefficient (Wildman–Crippen LogP) is 18.9. The van der Waals surface area contributed by atoms with Crippen molar-refractivity contribution in [2.45, 2.75) is 57.8 Å². The first kappa shape index (κ1) is 39.0. The molecule has 0 fully saturated rings. The summed E-state index contributed by atoms with van der Waals surface area (Å²) in [6.45, 7) is 14.2. The summed E-state index contributed by atoms with van der Waals surface area (Å²) in [5.41, 5.74) is 15.3. The van der Waals surface area contributed by atoms with Gasteiger partial charge in [0.05, 0.1) is 48.2 Å². The molecule has 0 bridgehead atoms. The van der Waals surface area contributed by atoms with Gasteiger partial charge in [-0.1, -0.05) is 151 Å². The third-order valence-corrected chi connectivity index (χ3v) is 19.9. The van der Waals surface area contributed by atoms with Gasteiger partial charge in [-0.05, 0) is 88.0 Å². The van der Waals surface area contributed by atoms with E-state index in [-0.39, 0.29) is 16.2 Å². The summed E-state index contributed by atoms with van der Waals surface area (Å²) >= 11 is 7.82. The molecule has 0 radical (unpaired) electrons. The van der Waals surface area contributed by atoms with Crippen LogP contribution in [0.2, 0.25) is 0 Å². The maximum absolute atomic E-state index is 2.55. The van der Waals surface area contributed by atoms with Gasteiger partial charge in [0.25, 0.3) is 0 Å². The topological polar surface area (TPSA) is 9.72 Å². The van der Waals surface area contributed by atoms with Crippen LogP contribution >= 0.6 is 45.3 Å². The van der Waals surface area contributed by atoms with Crippen LogP contribution in [-0.2, 0) is 16.2 Å². The molecule has 3 aliphatic rings. The molecular weight excluding hydrogens is 879 g/mol. The summed E-state index contributed by atoms with van der Waals surface area (Å²) in [5, 5.41) is 7.81. The second-order valence-corrected chi connectivity index (χ2v) is 23.9. The van der Waals surface area contributed by atoms with E-state index in [0.717, 1.165) is 0 Å². The Morgan fingerprint density at radius 2 is 0.591 bits per heavy atom. The molecule has 0 atom stereocenters. The van der Waals surface area contributed by atoms with Gasteiger partial charge in [-0.3, -0.25) is 0 Å². The van der Waals surface area contributed by atoms with Gasteiger partial charge >= 0.3 is 0 Å². The molecule has 0 aliphatic carbocycles. The zero-order valence-electron chi connectivity index (χ0n) is 37.6. The molecule has 7 heteroatoms. The average Bonchev–Trinajstić information content (AvgIpc) is 4.13. The minimum Gasteiger partial charge on any atom is -0.301 e. The maximum atomic E-state index is 2.55. The van der Waals surface area contributed by atoms with E-state index in [4.69, 9.17) is 0 Å². The van der Waals surface area contributed by atoms with Crippen molar-refractivity contribution in [2.75, 3.05) is 14.7 Å². The van der Waals surface area contributed by atoms with Crippen LogP contribution in [0.3, 0.4) is 0 Å². The average molecular weight is 924 g/mol. The SMILES string of the molecule is CC1(C)c2ccccc2N(c2cc3c(s2)c2sc(N4c5ccccc5C(C)(C)c5ccccc54)cc2c2c4sc(N5c6ccccc6C(C)(C)c6ccccc65)cc4sc32)c2ccccc21. The van der Waals surface area contributed by atoms with Crippen molar-refractivity contribution in [3.63, 3.8) is 0 Å². The molecule has 0 saturated carbocycles. The van der Waals surface area contributed by atoms with E-state index in [2.05, 4.69) is 220 Å². The van der Waals surface area contributed by atoms with Gasteiger partial charge in [-0.2, -0.15) is 0 Å². The van der Waals surface area contributed by atoms with E-state index in [1.165, 1.54) is 122 Å². The lowest BCUT2D eigenvalue weighted by atomic mass is 9.74. The molecule has 7 heterocycles. The van der Waals surface area contributed by atoms with Gasteiger partial charge in [-0.15, -0.1) is 45.3 Å². The fraction of sp³-hybridized carbons (Fsp3) is 0.153. The second kappa shape index (κ2) is 13.5. The number of hydrogen-bond acceptors (Lipinski definition) is 7. The van der Waals surface area contributed by atoms with Crippen molar-refractivity contribution in [3.8, 4) is 0 Å². The van der Waals surface area contributed by atoms with Crippen molar-refractivity contribution in [1.29, 1.82) is 0 Å². The first-order chi connectivity index (χ1) is 32.0. The highest BCUT2D eigenvalue weighted by Gasteiger charge is 2.41. The Bertz CT molecular complexity index is 3710. The summed E-state index contributed by atoms with van der Waals surface area (Å²) in [5.74, 6) is 0. The molecule has 0 saturated heterocycles. The van der Waals surface area contributed by atoms with Crippen molar-refractivity contribution < 1.29 is 0 Å². The van der Waals surface area contributed by atoms with E-state index in [1.807, 2.05) is 45.3 Å². The number of nitrogens with zero attached hydrogens (tertiary/aromatic N) is 3. The van der Waals surface area contributed by atoms with Crippen LogP contribution in [-0.4, -0.2) is 0 Å². The molecule has 14 rings (SSSR count). The highest BCUT2D eigenvalue weighted by Crippen LogP contribution is 2.61. The molecule has 66 heavy (non-hydrogen) atoms. The first-order valence-electron chi connectivity index (χ1n) is 22.8. The Balaban J connectivity index is 1.05. The summed E-state index contributed by atoms with van der Waals surface area (Å²) in [4.78, 5) is 7.64. The number of rotatable bonds is 3. The Labute approximate surface area is 401 Å². The van der Waals surface area contributed by atoms with Crippen molar-refractivity contribution in [1.82, 2.24) is 0 Å². The molecule has 7 aromatic carbocycles. The monoisotopic (exact) mass is 923 g/mol. The normalized spacial score (nSPS) is 16.3. The molecule has 11 aromatic rings. The Hall–Kier alpha value is -6.22.